The van der Waals surface area contributed by atoms with E-state index in [-0.39, 0.29) is 19.1 Å². The maximum Gasteiger partial charge on any atom is 0.410 e. The topological polar surface area (TPSA) is 91.7 Å². The molecule has 2 rings (SSSR count). The van der Waals surface area contributed by atoms with Gasteiger partial charge in [0.05, 0.1) is 18.0 Å². The summed E-state index contributed by atoms with van der Waals surface area (Å²) in [6, 6.07) is 11.0. The Bertz CT molecular complexity index is 664. The van der Waals surface area contributed by atoms with Crippen molar-refractivity contribution < 1.29 is 19.1 Å². The Morgan fingerprint density at radius 1 is 1.31 bits per heavy atom. The summed E-state index contributed by atoms with van der Waals surface area (Å²) in [5.74, 6) is -0.377. The Morgan fingerprint density at radius 3 is 2.62 bits per heavy atom. The van der Waals surface area contributed by atoms with E-state index in [1.165, 1.54) is 4.90 Å². The smallest absolute Gasteiger partial charge is 0.410 e. The third kappa shape index (κ3) is 5.96. The van der Waals surface area contributed by atoms with E-state index in [1.54, 1.807) is 20.8 Å². The number of benzene rings is 1. The molecule has 1 saturated heterocycles. The fourth-order valence-corrected chi connectivity index (χ4v) is 2.66. The fourth-order valence-electron chi connectivity index (χ4n) is 2.66. The van der Waals surface area contributed by atoms with E-state index in [0.29, 0.717) is 13.0 Å². The highest BCUT2D eigenvalue weighted by atomic mass is 16.6. The summed E-state index contributed by atoms with van der Waals surface area (Å²) in [6.07, 6.45) is -0.581. The van der Waals surface area contributed by atoms with Gasteiger partial charge in [0.1, 0.15) is 12.2 Å². The number of alkyl carbamates (subject to hydrolysis) is 1. The molecule has 0 aromatic heterocycles. The number of hydrogen-bond acceptors (Lipinski definition) is 5. The number of likely N-dealkylation sites (tertiary alicyclic amines) is 1. The molecule has 0 spiro atoms. The summed E-state index contributed by atoms with van der Waals surface area (Å²) in [5.41, 5.74) is 0.277. The van der Waals surface area contributed by atoms with Crippen molar-refractivity contribution in [3.63, 3.8) is 0 Å². The van der Waals surface area contributed by atoms with Gasteiger partial charge in [0.2, 0.25) is 0 Å². The third-order valence-corrected chi connectivity index (χ3v) is 3.95. The molecule has 26 heavy (non-hydrogen) atoms. The van der Waals surface area contributed by atoms with Crippen LogP contribution in [-0.4, -0.2) is 41.8 Å². The summed E-state index contributed by atoms with van der Waals surface area (Å²) < 4.78 is 10.6. The fraction of sp³-hybridized carbons (Fsp3) is 0.526. The lowest BCUT2D eigenvalue weighted by Gasteiger charge is -2.36. The van der Waals surface area contributed by atoms with Gasteiger partial charge < -0.3 is 19.7 Å². The average Bonchev–Trinajstić information content (AvgIpc) is 2.59. The zero-order valence-corrected chi connectivity index (χ0v) is 15.4. The second-order valence-corrected chi connectivity index (χ2v) is 7.26. The highest BCUT2D eigenvalue weighted by Gasteiger charge is 2.34. The molecule has 1 aliphatic heterocycles. The van der Waals surface area contributed by atoms with Crippen LogP contribution in [0.5, 0.6) is 0 Å². The molecule has 2 atom stereocenters. The SMILES string of the molecule is CC(C)(C)OC(=O)N1CCC(C#N)C(NC(=O)OCc2ccccc2)C1. The van der Waals surface area contributed by atoms with Gasteiger partial charge in [-0.05, 0) is 32.8 Å². The van der Waals surface area contributed by atoms with Crippen LogP contribution in [-0.2, 0) is 16.1 Å². The maximum absolute atomic E-state index is 12.2. The Labute approximate surface area is 153 Å². The van der Waals surface area contributed by atoms with Crippen molar-refractivity contribution in [3.8, 4) is 6.07 Å². The van der Waals surface area contributed by atoms with Crippen LogP contribution in [0.2, 0.25) is 0 Å². The molecule has 2 amide bonds. The zero-order chi connectivity index (χ0) is 19.2. The Morgan fingerprint density at radius 2 is 2.00 bits per heavy atom. The maximum atomic E-state index is 12.2. The molecular formula is C19H25N3O4. The Kier molecular flexibility index (Phi) is 6.45. The van der Waals surface area contributed by atoms with Gasteiger partial charge in [-0.1, -0.05) is 30.3 Å². The van der Waals surface area contributed by atoms with Crippen molar-refractivity contribution in [2.45, 2.75) is 45.4 Å². The molecule has 1 heterocycles. The van der Waals surface area contributed by atoms with Crippen molar-refractivity contribution in [1.29, 1.82) is 5.26 Å². The molecule has 2 unspecified atom stereocenters. The van der Waals surface area contributed by atoms with Crippen LogP contribution in [0.25, 0.3) is 0 Å². The van der Waals surface area contributed by atoms with Crippen LogP contribution < -0.4 is 5.32 Å². The van der Waals surface area contributed by atoms with E-state index >= 15 is 0 Å². The van der Waals surface area contributed by atoms with Gasteiger partial charge >= 0.3 is 12.2 Å². The van der Waals surface area contributed by atoms with Gasteiger partial charge in [-0.2, -0.15) is 5.26 Å². The number of hydrogen-bond donors (Lipinski definition) is 1. The summed E-state index contributed by atoms with van der Waals surface area (Å²) in [4.78, 5) is 25.8. The highest BCUT2D eigenvalue weighted by Crippen LogP contribution is 2.20. The van der Waals surface area contributed by atoms with Gasteiger partial charge in [0.15, 0.2) is 0 Å². The number of nitrogens with zero attached hydrogens (tertiary/aromatic N) is 2. The van der Waals surface area contributed by atoms with Crippen molar-refractivity contribution in [2.75, 3.05) is 13.1 Å². The van der Waals surface area contributed by atoms with Crippen LogP contribution in [0.4, 0.5) is 9.59 Å². The Balaban J connectivity index is 1.91. The number of rotatable bonds is 3. The van der Waals surface area contributed by atoms with Crippen LogP contribution in [0.1, 0.15) is 32.8 Å². The first kappa shape index (κ1) is 19.6. The molecule has 1 aliphatic rings. The molecule has 1 aromatic carbocycles. The van der Waals surface area contributed by atoms with E-state index in [1.807, 2.05) is 30.3 Å². The minimum Gasteiger partial charge on any atom is -0.445 e. The predicted molar refractivity (Wildman–Crippen MR) is 95.1 cm³/mol. The molecule has 7 nitrogen and oxygen atoms in total. The van der Waals surface area contributed by atoms with E-state index < -0.39 is 23.8 Å². The van der Waals surface area contributed by atoms with Gasteiger partial charge in [-0.3, -0.25) is 0 Å². The highest BCUT2D eigenvalue weighted by molar-refractivity contribution is 5.70. The van der Waals surface area contributed by atoms with Gasteiger partial charge in [-0.25, -0.2) is 9.59 Å². The zero-order valence-electron chi connectivity index (χ0n) is 15.4. The molecule has 0 bridgehead atoms. The summed E-state index contributed by atoms with van der Waals surface area (Å²) >= 11 is 0. The molecule has 7 heteroatoms. The number of ether oxygens (including phenoxy) is 2. The lowest BCUT2D eigenvalue weighted by atomic mass is 9.93. The first-order valence-electron chi connectivity index (χ1n) is 8.63. The minimum absolute atomic E-state index is 0.145. The van der Waals surface area contributed by atoms with Gasteiger partial charge in [0.25, 0.3) is 0 Å². The van der Waals surface area contributed by atoms with Gasteiger partial charge in [0, 0.05) is 13.1 Å². The van der Waals surface area contributed by atoms with Crippen LogP contribution in [0.3, 0.4) is 0 Å². The van der Waals surface area contributed by atoms with E-state index in [4.69, 9.17) is 9.47 Å². The summed E-state index contributed by atoms with van der Waals surface area (Å²) in [5, 5.41) is 12.0. The number of nitriles is 1. The van der Waals surface area contributed by atoms with E-state index in [2.05, 4.69) is 11.4 Å². The largest absolute Gasteiger partial charge is 0.445 e. The number of amides is 2. The Hall–Kier alpha value is -2.75. The molecule has 1 aromatic rings. The van der Waals surface area contributed by atoms with Crippen LogP contribution >= 0.6 is 0 Å². The lowest BCUT2D eigenvalue weighted by Crippen LogP contribution is -2.54. The van der Waals surface area contributed by atoms with Crippen LogP contribution in [0, 0.1) is 17.2 Å². The van der Waals surface area contributed by atoms with Crippen molar-refractivity contribution >= 4 is 12.2 Å². The normalized spacial score (nSPS) is 20.0. The molecule has 1 fully saturated rings. The molecule has 0 aliphatic carbocycles. The van der Waals surface area contributed by atoms with Crippen molar-refractivity contribution in [1.82, 2.24) is 10.2 Å². The number of carbonyl (C=O) groups is 2. The molecule has 0 radical (unpaired) electrons. The summed E-state index contributed by atoms with van der Waals surface area (Å²) in [6.45, 7) is 6.17. The van der Waals surface area contributed by atoms with E-state index in [0.717, 1.165) is 5.56 Å². The number of nitrogens with one attached hydrogen (secondary N) is 1. The summed E-state index contributed by atoms with van der Waals surface area (Å²) in [7, 11) is 0. The molecule has 0 saturated carbocycles. The van der Waals surface area contributed by atoms with Crippen molar-refractivity contribution in [3.05, 3.63) is 35.9 Å². The van der Waals surface area contributed by atoms with Gasteiger partial charge in [-0.15, -0.1) is 0 Å². The monoisotopic (exact) mass is 359 g/mol. The first-order valence-corrected chi connectivity index (χ1v) is 8.63. The standard InChI is InChI=1S/C19H25N3O4/c1-19(2,3)26-18(24)22-10-9-15(11-20)16(12-22)21-17(23)25-13-14-7-5-4-6-8-14/h4-8,15-16H,9-10,12-13H2,1-3H3,(H,21,23). The molecule has 140 valence electrons. The second-order valence-electron chi connectivity index (χ2n) is 7.26. The number of piperidine rings is 1. The predicted octanol–water partition coefficient (Wildman–Crippen LogP) is 3.06. The van der Waals surface area contributed by atoms with Crippen LogP contribution in [0.15, 0.2) is 30.3 Å². The number of carbonyl (C=O) groups excluding carboxylic acids is 2. The quantitative estimate of drug-likeness (QED) is 0.895. The van der Waals surface area contributed by atoms with E-state index in [9.17, 15) is 14.9 Å². The second kappa shape index (κ2) is 8.56. The average molecular weight is 359 g/mol. The minimum atomic E-state index is -0.606. The lowest BCUT2D eigenvalue weighted by molar-refractivity contribution is 0.0158. The molecule has 1 N–H and O–H groups in total. The third-order valence-electron chi connectivity index (χ3n) is 3.95. The first-order chi connectivity index (χ1) is 12.3. The van der Waals surface area contributed by atoms with Crippen molar-refractivity contribution in [2.24, 2.45) is 5.92 Å². The molecular weight excluding hydrogens is 334 g/mol.